The van der Waals surface area contributed by atoms with Gasteiger partial charge in [0.15, 0.2) is 0 Å². The second kappa shape index (κ2) is 6.51. The average molecular weight is 343 g/mol. The third-order valence-electron chi connectivity index (χ3n) is 4.79. The van der Waals surface area contributed by atoms with E-state index in [9.17, 15) is 4.79 Å². The third-order valence-corrected chi connectivity index (χ3v) is 5.92. The molecule has 1 aliphatic carbocycles. The SMILES string of the molecule is COc1ccc(-c2nnc([C@@H]3CCCN(C(=O)C4CC4)C3)s2)cc1. The van der Waals surface area contributed by atoms with Gasteiger partial charge in [-0.25, -0.2) is 0 Å². The zero-order valence-corrected chi connectivity index (χ0v) is 14.6. The number of piperidine rings is 1. The highest BCUT2D eigenvalue weighted by atomic mass is 32.1. The molecule has 0 spiro atoms. The first kappa shape index (κ1) is 15.6. The summed E-state index contributed by atoms with van der Waals surface area (Å²) in [4.78, 5) is 14.3. The highest BCUT2D eigenvalue weighted by Crippen LogP contribution is 2.36. The normalized spacial score (nSPS) is 20.9. The van der Waals surface area contributed by atoms with Crippen molar-refractivity contribution < 1.29 is 9.53 Å². The van der Waals surface area contributed by atoms with Gasteiger partial charge in [-0.15, -0.1) is 10.2 Å². The number of amides is 1. The first-order chi connectivity index (χ1) is 11.7. The minimum atomic E-state index is 0.299. The lowest BCUT2D eigenvalue weighted by atomic mass is 9.98. The molecule has 1 saturated heterocycles. The summed E-state index contributed by atoms with van der Waals surface area (Å²) in [5.41, 5.74) is 1.06. The first-order valence-electron chi connectivity index (χ1n) is 8.51. The van der Waals surface area contributed by atoms with Crippen LogP contribution in [0.15, 0.2) is 24.3 Å². The zero-order chi connectivity index (χ0) is 16.5. The van der Waals surface area contributed by atoms with E-state index >= 15 is 0 Å². The summed E-state index contributed by atoms with van der Waals surface area (Å²) in [6, 6.07) is 7.89. The van der Waals surface area contributed by atoms with E-state index in [1.54, 1.807) is 18.4 Å². The standard InChI is InChI=1S/C18H21N3O2S/c1-23-15-8-6-12(7-9-15)16-19-20-17(24-16)14-3-2-10-21(11-14)18(22)13-4-5-13/h6-9,13-14H,2-5,10-11H2,1H3/t14-/m1/s1. The molecule has 0 N–H and O–H groups in total. The second-order valence-electron chi connectivity index (χ2n) is 6.57. The fourth-order valence-corrected chi connectivity index (χ4v) is 4.19. The molecule has 1 aromatic heterocycles. The van der Waals surface area contributed by atoms with Crippen LogP contribution in [0.5, 0.6) is 5.75 Å². The number of aromatic nitrogens is 2. The molecule has 5 nitrogen and oxygen atoms in total. The van der Waals surface area contributed by atoms with Crippen molar-refractivity contribution in [1.82, 2.24) is 15.1 Å². The maximum absolute atomic E-state index is 12.3. The highest BCUT2D eigenvalue weighted by molar-refractivity contribution is 7.14. The number of hydrogen-bond donors (Lipinski definition) is 0. The zero-order valence-electron chi connectivity index (χ0n) is 13.8. The van der Waals surface area contributed by atoms with Crippen LogP contribution in [-0.2, 0) is 4.79 Å². The summed E-state index contributed by atoms with van der Waals surface area (Å²) in [5, 5.41) is 10.8. The average Bonchev–Trinajstić information content (AvgIpc) is 3.38. The maximum atomic E-state index is 12.3. The van der Waals surface area contributed by atoms with Gasteiger partial charge in [-0.2, -0.15) is 0 Å². The van der Waals surface area contributed by atoms with Gasteiger partial charge in [0, 0.05) is 30.5 Å². The Morgan fingerprint density at radius 1 is 1.21 bits per heavy atom. The molecule has 0 bridgehead atoms. The number of nitrogens with zero attached hydrogens (tertiary/aromatic N) is 3. The van der Waals surface area contributed by atoms with Crippen molar-refractivity contribution in [3.05, 3.63) is 29.3 Å². The molecule has 4 rings (SSSR count). The van der Waals surface area contributed by atoms with Gasteiger partial charge in [-0.1, -0.05) is 11.3 Å². The molecule has 126 valence electrons. The van der Waals surface area contributed by atoms with Gasteiger partial charge >= 0.3 is 0 Å². The number of benzene rings is 1. The Bertz CT molecular complexity index is 724. The number of rotatable bonds is 4. The second-order valence-corrected chi connectivity index (χ2v) is 7.58. The summed E-state index contributed by atoms with van der Waals surface area (Å²) in [5.74, 6) is 1.81. The number of methoxy groups -OCH3 is 1. The van der Waals surface area contributed by atoms with Crippen LogP contribution in [0.4, 0.5) is 0 Å². The van der Waals surface area contributed by atoms with Crippen molar-refractivity contribution >= 4 is 17.2 Å². The van der Waals surface area contributed by atoms with E-state index in [-0.39, 0.29) is 0 Å². The van der Waals surface area contributed by atoms with E-state index in [1.165, 1.54) is 0 Å². The lowest BCUT2D eigenvalue weighted by Gasteiger charge is -2.31. The quantitative estimate of drug-likeness (QED) is 0.854. The van der Waals surface area contributed by atoms with E-state index in [2.05, 4.69) is 10.2 Å². The van der Waals surface area contributed by atoms with Crippen LogP contribution < -0.4 is 4.74 Å². The largest absolute Gasteiger partial charge is 0.497 e. The molecule has 1 aliphatic heterocycles. The molecule has 6 heteroatoms. The highest BCUT2D eigenvalue weighted by Gasteiger charge is 2.36. The van der Waals surface area contributed by atoms with E-state index in [1.807, 2.05) is 29.2 Å². The van der Waals surface area contributed by atoms with Crippen LogP contribution in [0.2, 0.25) is 0 Å². The molecule has 2 aliphatic rings. The number of carbonyl (C=O) groups is 1. The predicted molar refractivity (Wildman–Crippen MR) is 93.2 cm³/mol. The molecule has 24 heavy (non-hydrogen) atoms. The van der Waals surface area contributed by atoms with Gasteiger partial charge < -0.3 is 9.64 Å². The van der Waals surface area contributed by atoms with Gasteiger partial charge in [-0.3, -0.25) is 4.79 Å². The Hall–Kier alpha value is -1.95. The van der Waals surface area contributed by atoms with Crippen molar-refractivity contribution in [2.45, 2.75) is 31.6 Å². The molecule has 0 radical (unpaired) electrons. The molecule has 2 aromatic rings. The Morgan fingerprint density at radius 2 is 2.00 bits per heavy atom. The van der Waals surface area contributed by atoms with Gasteiger partial charge in [0.1, 0.15) is 15.8 Å². The number of ether oxygens (including phenoxy) is 1. The Labute approximate surface area is 145 Å². The summed E-state index contributed by atoms with van der Waals surface area (Å²) in [6.07, 6.45) is 4.28. The summed E-state index contributed by atoms with van der Waals surface area (Å²) in [6.45, 7) is 1.70. The van der Waals surface area contributed by atoms with E-state index in [0.29, 0.717) is 17.7 Å². The van der Waals surface area contributed by atoms with Gasteiger partial charge in [0.2, 0.25) is 5.91 Å². The van der Waals surface area contributed by atoms with E-state index in [0.717, 1.165) is 60.1 Å². The topological polar surface area (TPSA) is 55.3 Å². The summed E-state index contributed by atoms with van der Waals surface area (Å²) < 4.78 is 5.19. The Kier molecular flexibility index (Phi) is 4.22. The minimum absolute atomic E-state index is 0.299. The molecule has 1 amide bonds. The maximum Gasteiger partial charge on any atom is 0.225 e. The monoisotopic (exact) mass is 343 g/mol. The number of carbonyl (C=O) groups excluding carboxylic acids is 1. The van der Waals surface area contributed by atoms with Crippen LogP contribution in [0.1, 0.15) is 36.6 Å². The number of likely N-dealkylation sites (tertiary alicyclic amines) is 1. The number of hydrogen-bond acceptors (Lipinski definition) is 5. The van der Waals surface area contributed by atoms with Crippen molar-refractivity contribution in [3.63, 3.8) is 0 Å². The molecule has 0 unspecified atom stereocenters. The lowest BCUT2D eigenvalue weighted by molar-refractivity contribution is -0.133. The molecule has 1 saturated carbocycles. The van der Waals surface area contributed by atoms with Crippen LogP contribution in [0.3, 0.4) is 0 Å². The Balaban J connectivity index is 1.48. The van der Waals surface area contributed by atoms with Crippen LogP contribution in [0, 0.1) is 5.92 Å². The van der Waals surface area contributed by atoms with Crippen LogP contribution in [-0.4, -0.2) is 41.2 Å². The smallest absolute Gasteiger partial charge is 0.225 e. The van der Waals surface area contributed by atoms with Crippen molar-refractivity contribution in [1.29, 1.82) is 0 Å². The van der Waals surface area contributed by atoms with Gasteiger partial charge in [0.25, 0.3) is 0 Å². The lowest BCUT2D eigenvalue weighted by Crippen LogP contribution is -2.39. The predicted octanol–water partition coefficient (Wildman–Crippen LogP) is 3.33. The first-order valence-corrected chi connectivity index (χ1v) is 9.33. The summed E-state index contributed by atoms with van der Waals surface area (Å²) in [7, 11) is 1.66. The fourth-order valence-electron chi connectivity index (χ4n) is 3.22. The molecule has 1 aromatic carbocycles. The Morgan fingerprint density at radius 3 is 2.71 bits per heavy atom. The van der Waals surface area contributed by atoms with E-state index < -0.39 is 0 Å². The van der Waals surface area contributed by atoms with Gasteiger partial charge in [0.05, 0.1) is 7.11 Å². The van der Waals surface area contributed by atoms with Crippen LogP contribution >= 0.6 is 11.3 Å². The van der Waals surface area contributed by atoms with Crippen molar-refractivity contribution in [3.8, 4) is 16.3 Å². The third kappa shape index (κ3) is 3.15. The minimum Gasteiger partial charge on any atom is -0.497 e. The summed E-state index contributed by atoms with van der Waals surface area (Å²) >= 11 is 1.64. The molecular formula is C18H21N3O2S. The molecule has 2 heterocycles. The van der Waals surface area contributed by atoms with E-state index in [4.69, 9.17) is 4.74 Å². The van der Waals surface area contributed by atoms with Gasteiger partial charge in [-0.05, 0) is 49.9 Å². The van der Waals surface area contributed by atoms with Crippen molar-refractivity contribution in [2.75, 3.05) is 20.2 Å². The fraction of sp³-hybridized carbons (Fsp3) is 0.500. The molecule has 2 fully saturated rings. The molecular weight excluding hydrogens is 322 g/mol. The van der Waals surface area contributed by atoms with Crippen LogP contribution in [0.25, 0.3) is 10.6 Å². The molecule has 1 atom stereocenters. The van der Waals surface area contributed by atoms with Crippen molar-refractivity contribution in [2.24, 2.45) is 5.92 Å².